The van der Waals surface area contributed by atoms with Crippen molar-refractivity contribution in [1.82, 2.24) is 15.5 Å². The van der Waals surface area contributed by atoms with Crippen LogP contribution in [0.3, 0.4) is 0 Å². The van der Waals surface area contributed by atoms with Gasteiger partial charge in [-0.3, -0.25) is 9.59 Å². The highest BCUT2D eigenvalue weighted by molar-refractivity contribution is 5.96. The summed E-state index contributed by atoms with van der Waals surface area (Å²) < 4.78 is 0. The number of carbonyl (C=O) groups is 2. The highest BCUT2D eigenvalue weighted by atomic mass is 16.2. The second kappa shape index (κ2) is 9.43. The number of rotatable bonds is 4. The zero-order chi connectivity index (χ0) is 20.9. The number of amides is 2. The maximum atomic E-state index is 12.6. The van der Waals surface area contributed by atoms with E-state index in [2.05, 4.69) is 47.9 Å². The van der Waals surface area contributed by atoms with E-state index in [4.69, 9.17) is 0 Å². The van der Waals surface area contributed by atoms with Crippen LogP contribution in [0.5, 0.6) is 0 Å². The SMILES string of the molecule is Cc1ccccc1C1CCN(C(=O)CNC(=O)c2ccc3c(c2)CCNCC3)CC1. The predicted molar refractivity (Wildman–Crippen MR) is 119 cm³/mol. The van der Waals surface area contributed by atoms with Gasteiger partial charge in [-0.05, 0) is 86.0 Å². The Morgan fingerprint density at radius 3 is 2.53 bits per heavy atom. The van der Waals surface area contributed by atoms with Crippen molar-refractivity contribution in [2.24, 2.45) is 0 Å². The molecule has 0 atom stereocenters. The number of carbonyl (C=O) groups excluding carboxylic acids is 2. The van der Waals surface area contributed by atoms with Crippen LogP contribution in [0.15, 0.2) is 42.5 Å². The zero-order valence-electron chi connectivity index (χ0n) is 17.7. The lowest BCUT2D eigenvalue weighted by molar-refractivity contribution is -0.131. The van der Waals surface area contributed by atoms with Gasteiger partial charge in [0, 0.05) is 18.7 Å². The molecular formula is C25H31N3O2. The number of hydrogen-bond donors (Lipinski definition) is 2. The van der Waals surface area contributed by atoms with Gasteiger partial charge in [0.15, 0.2) is 0 Å². The van der Waals surface area contributed by atoms with Gasteiger partial charge in [0.2, 0.25) is 5.91 Å². The second-order valence-corrected chi connectivity index (χ2v) is 8.43. The first kappa shape index (κ1) is 20.6. The largest absolute Gasteiger partial charge is 0.343 e. The molecule has 2 amide bonds. The summed E-state index contributed by atoms with van der Waals surface area (Å²) in [5.41, 5.74) is 5.91. The maximum absolute atomic E-state index is 12.6. The van der Waals surface area contributed by atoms with E-state index in [9.17, 15) is 9.59 Å². The van der Waals surface area contributed by atoms with Crippen LogP contribution >= 0.6 is 0 Å². The monoisotopic (exact) mass is 405 g/mol. The van der Waals surface area contributed by atoms with E-state index in [1.807, 2.05) is 17.0 Å². The number of aryl methyl sites for hydroxylation is 1. The van der Waals surface area contributed by atoms with Crippen molar-refractivity contribution >= 4 is 11.8 Å². The molecule has 2 heterocycles. The molecule has 1 saturated heterocycles. The summed E-state index contributed by atoms with van der Waals surface area (Å²) in [6, 6.07) is 14.4. The lowest BCUT2D eigenvalue weighted by atomic mass is 9.87. The number of piperidine rings is 1. The Morgan fingerprint density at radius 2 is 1.77 bits per heavy atom. The molecule has 5 heteroatoms. The molecule has 0 aromatic heterocycles. The molecule has 2 aromatic rings. The summed E-state index contributed by atoms with van der Waals surface area (Å²) in [6.07, 6.45) is 3.88. The van der Waals surface area contributed by atoms with Crippen molar-refractivity contribution in [3.8, 4) is 0 Å². The van der Waals surface area contributed by atoms with Crippen molar-refractivity contribution in [2.75, 3.05) is 32.7 Å². The normalized spacial score (nSPS) is 17.2. The molecule has 30 heavy (non-hydrogen) atoms. The molecule has 0 spiro atoms. The molecule has 2 aromatic carbocycles. The van der Waals surface area contributed by atoms with E-state index < -0.39 is 0 Å². The maximum Gasteiger partial charge on any atom is 0.251 e. The first-order chi connectivity index (χ1) is 14.6. The van der Waals surface area contributed by atoms with Crippen LogP contribution < -0.4 is 10.6 Å². The lowest BCUT2D eigenvalue weighted by Gasteiger charge is -2.33. The molecule has 0 aliphatic carbocycles. The third-order valence-electron chi connectivity index (χ3n) is 6.49. The van der Waals surface area contributed by atoms with Crippen molar-refractivity contribution in [1.29, 1.82) is 0 Å². The van der Waals surface area contributed by atoms with Gasteiger partial charge in [0.1, 0.15) is 0 Å². The molecule has 0 saturated carbocycles. The van der Waals surface area contributed by atoms with Gasteiger partial charge in [0.05, 0.1) is 6.54 Å². The summed E-state index contributed by atoms with van der Waals surface area (Å²) in [7, 11) is 0. The van der Waals surface area contributed by atoms with Gasteiger partial charge in [0.25, 0.3) is 5.91 Å². The number of fused-ring (bicyclic) bond motifs is 1. The lowest BCUT2D eigenvalue weighted by Crippen LogP contribution is -2.43. The van der Waals surface area contributed by atoms with E-state index in [1.165, 1.54) is 22.3 Å². The number of nitrogens with zero attached hydrogens (tertiary/aromatic N) is 1. The third kappa shape index (κ3) is 4.73. The van der Waals surface area contributed by atoms with Gasteiger partial charge in [-0.15, -0.1) is 0 Å². The van der Waals surface area contributed by atoms with E-state index in [1.54, 1.807) is 0 Å². The first-order valence-electron chi connectivity index (χ1n) is 11.1. The minimum atomic E-state index is -0.168. The summed E-state index contributed by atoms with van der Waals surface area (Å²) in [4.78, 5) is 27.1. The van der Waals surface area contributed by atoms with E-state index >= 15 is 0 Å². The van der Waals surface area contributed by atoms with Gasteiger partial charge in [-0.2, -0.15) is 0 Å². The summed E-state index contributed by atoms with van der Waals surface area (Å²) >= 11 is 0. The molecular weight excluding hydrogens is 374 g/mol. The smallest absolute Gasteiger partial charge is 0.251 e. The Labute approximate surface area is 178 Å². The van der Waals surface area contributed by atoms with Gasteiger partial charge >= 0.3 is 0 Å². The molecule has 1 fully saturated rings. The number of hydrogen-bond acceptors (Lipinski definition) is 3. The number of benzene rings is 2. The molecule has 0 bridgehead atoms. The Bertz CT molecular complexity index is 916. The predicted octanol–water partition coefficient (Wildman–Crippen LogP) is 2.82. The number of nitrogens with one attached hydrogen (secondary N) is 2. The standard InChI is InChI=1S/C25H31N3O2/c1-18-4-2-3-5-23(18)20-10-14-28(15-11-20)24(29)17-27-25(30)22-7-6-19-8-12-26-13-9-21(19)16-22/h2-7,16,20,26H,8-15,17H2,1H3,(H,27,30). The fourth-order valence-corrected chi connectivity index (χ4v) is 4.67. The fourth-order valence-electron chi connectivity index (χ4n) is 4.67. The molecule has 5 nitrogen and oxygen atoms in total. The highest BCUT2D eigenvalue weighted by Crippen LogP contribution is 2.30. The van der Waals surface area contributed by atoms with Crippen LogP contribution in [0.4, 0.5) is 0 Å². The van der Waals surface area contributed by atoms with Crippen LogP contribution in [-0.2, 0) is 17.6 Å². The molecule has 2 aliphatic heterocycles. The van der Waals surface area contributed by atoms with Crippen LogP contribution in [-0.4, -0.2) is 49.4 Å². The van der Waals surface area contributed by atoms with Gasteiger partial charge < -0.3 is 15.5 Å². The molecule has 0 unspecified atom stereocenters. The van der Waals surface area contributed by atoms with Gasteiger partial charge in [-0.25, -0.2) is 0 Å². The quantitative estimate of drug-likeness (QED) is 0.822. The van der Waals surface area contributed by atoms with Crippen LogP contribution in [0, 0.1) is 6.92 Å². The Morgan fingerprint density at radius 1 is 1.03 bits per heavy atom. The van der Waals surface area contributed by atoms with Crippen molar-refractivity contribution < 1.29 is 9.59 Å². The van der Waals surface area contributed by atoms with E-state index in [0.717, 1.165) is 51.9 Å². The minimum absolute atomic E-state index is 0.00513. The van der Waals surface area contributed by atoms with Crippen molar-refractivity contribution in [2.45, 2.75) is 38.5 Å². The van der Waals surface area contributed by atoms with Crippen LogP contribution in [0.2, 0.25) is 0 Å². The first-order valence-corrected chi connectivity index (χ1v) is 11.1. The summed E-state index contributed by atoms with van der Waals surface area (Å²) in [5.74, 6) is 0.350. The van der Waals surface area contributed by atoms with Gasteiger partial charge in [-0.1, -0.05) is 30.3 Å². The Kier molecular flexibility index (Phi) is 6.48. The summed E-state index contributed by atoms with van der Waals surface area (Å²) in [6.45, 7) is 5.63. The summed E-state index contributed by atoms with van der Waals surface area (Å²) in [5, 5.41) is 6.21. The van der Waals surface area contributed by atoms with Crippen molar-refractivity contribution in [3.63, 3.8) is 0 Å². The van der Waals surface area contributed by atoms with Crippen LogP contribution in [0.25, 0.3) is 0 Å². The third-order valence-corrected chi connectivity index (χ3v) is 6.49. The highest BCUT2D eigenvalue weighted by Gasteiger charge is 2.24. The molecule has 2 N–H and O–H groups in total. The Balaban J connectivity index is 1.28. The molecule has 2 aliphatic rings. The topological polar surface area (TPSA) is 61.4 Å². The minimum Gasteiger partial charge on any atom is -0.343 e. The molecule has 0 radical (unpaired) electrons. The average molecular weight is 406 g/mol. The fraction of sp³-hybridized carbons (Fsp3) is 0.440. The molecule has 4 rings (SSSR count). The average Bonchev–Trinajstić information content (AvgIpc) is 3.02. The Hall–Kier alpha value is -2.66. The van der Waals surface area contributed by atoms with E-state index in [-0.39, 0.29) is 18.4 Å². The second-order valence-electron chi connectivity index (χ2n) is 8.43. The van der Waals surface area contributed by atoms with Crippen molar-refractivity contribution in [3.05, 3.63) is 70.3 Å². The number of likely N-dealkylation sites (tertiary alicyclic amines) is 1. The van der Waals surface area contributed by atoms with E-state index in [0.29, 0.717) is 11.5 Å². The van der Waals surface area contributed by atoms with Crippen LogP contribution in [0.1, 0.15) is 51.4 Å². The zero-order valence-corrected chi connectivity index (χ0v) is 17.7. The molecule has 158 valence electrons.